The summed E-state index contributed by atoms with van der Waals surface area (Å²) in [5, 5.41) is 3.00. The number of nitrogens with one attached hydrogen (secondary N) is 1. The summed E-state index contributed by atoms with van der Waals surface area (Å²) < 4.78 is 1.01. The molecule has 2 saturated heterocycles. The van der Waals surface area contributed by atoms with Crippen molar-refractivity contribution >= 4 is 33.4 Å². The molecule has 6 nitrogen and oxygen atoms in total. The fourth-order valence-corrected chi connectivity index (χ4v) is 4.18. The third kappa shape index (κ3) is 6.02. The molecule has 0 aliphatic carbocycles. The average Bonchev–Trinajstić information content (AvgIpc) is 2.66. The standard InChI is InChI=1S/C20H29BrN4O2/c1-16-13-17(21)5-6-18(16)22-19(26)14-23-9-11-24(12-10-23)15-20(27)25-7-3-2-4-8-25/h5-6,13H,2-4,7-12,14-15H2,1H3,(H,22,26). The van der Waals surface area contributed by atoms with Crippen molar-refractivity contribution in [2.45, 2.75) is 26.2 Å². The minimum atomic E-state index is 0.0123. The lowest BCUT2D eigenvalue weighted by Gasteiger charge is -2.35. The fraction of sp³-hybridized carbons (Fsp3) is 0.600. The Morgan fingerprint density at radius 1 is 0.963 bits per heavy atom. The molecule has 0 unspecified atom stereocenters. The summed E-state index contributed by atoms with van der Waals surface area (Å²) in [7, 11) is 0. The lowest BCUT2D eigenvalue weighted by molar-refractivity contribution is -0.134. The lowest BCUT2D eigenvalue weighted by atomic mass is 10.1. The van der Waals surface area contributed by atoms with Crippen LogP contribution in [0.1, 0.15) is 24.8 Å². The number of benzene rings is 1. The molecule has 2 heterocycles. The Morgan fingerprint density at radius 2 is 1.59 bits per heavy atom. The zero-order chi connectivity index (χ0) is 19.2. The Bertz CT molecular complexity index is 668. The highest BCUT2D eigenvalue weighted by Gasteiger charge is 2.23. The number of likely N-dealkylation sites (tertiary alicyclic amines) is 1. The van der Waals surface area contributed by atoms with Gasteiger partial charge in [0.2, 0.25) is 11.8 Å². The number of anilines is 1. The first-order chi connectivity index (χ1) is 13.0. The van der Waals surface area contributed by atoms with Crippen LogP contribution in [0.4, 0.5) is 5.69 Å². The molecule has 1 N–H and O–H groups in total. The minimum absolute atomic E-state index is 0.0123. The quantitative estimate of drug-likeness (QED) is 0.769. The number of aryl methyl sites for hydroxylation is 1. The SMILES string of the molecule is Cc1cc(Br)ccc1NC(=O)CN1CCN(CC(=O)N2CCCCC2)CC1. The number of hydrogen-bond donors (Lipinski definition) is 1. The van der Waals surface area contributed by atoms with Crippen molar-refractivity contribution in [3.63, 3.8) is 0 Å². The maximum atomic E-state index is 12.4. The van der Waals surface area contributed by atoms with Gasteiger partial charge in [-0.15, -0.1) is 0 Å². The van der Waals surface area contributed by atoms with E-state index in [0.717, 1.165) is 67.8 Å². The van der Waals surface area contributed by atoms with E-state index in [0.29, 0.717) is 13.1 Å². The molecule has 0 saturated carbocycles. The topological polar surface area (TPSA) is 55.9 Å². The molecule has 0 radical (unpaired) electrons. The number of halogens is 1. The summed E-state index contributed by atoms with van der Waals surface area (Å²) in [6.07, 6.45) is 3.50. The van der Waals surface area contributed by atoms with Crippen LogP contribution in [0.15, 0.2) is 22.7 Å². The van der Waals surface area contributed by atoms with Crippen LogP contribution >= 0.6 is 15.9 Å². The molecular formula is C20H29BrN4O2. The minimum Gasteiger partial charge on any atom is -0.342 e. The fourth-order valence-electron chi connectivity index (χ4n) is 3.70. The normalized spacial score (nSPS) is 19.1. The molecule has 2 amide bonds. The molecule has 2 fully saturated rings. The van der Waals surface area contributed by atoms with E-state index in [2.05, 4.69) is 31.0 Å². The lowest BCUT2D eigenvalue weighted by Crippen LogP contribution is -2.51. The Hall–Kier alpha value is -1.44. The molecule has 2 aliphatic rings. The van der Waals surface area contributed by atoms with Crippen LogP contribution in [0.5, 0.6) is 0 Å². The van der Waals surface area contributed by atoms with Gasteiger partial charge >= 0.3 is 0 Å². The highest BCUT2D eigenvalue weighted by Crippen LogP contribution is 2.20. The number of amides is 2. The largest absolute Gasteiger partial charge is 0.342 e. The highest BCUT2D eigenvalue weighted by atomic mass is 79.9. The summed E-state index contributed by atoms with van der Waals surface area (Å²) in [5.41, 5.74) is 1.90. The smallest absolute Gasteiger partial charge is 0.238 e. The first-order valence-electron chi connectivity index (χ1n) is 9.80. The van der Waals surface area contributed by atoms with Gasteiger partial charge in [0, 0.05) is 49.4 Å². The van der Waals surface area contributed by atoms with Gasteiger partial charge in [-0.3, -0.25) is 19.4 Å². The molecule has 0 bridgehead atoms. The average molecular weight is 437 g/mol. The molecule has 0 atom stereocenters. The van der Waals surface area contributed by atoms with Crippen LogP contribution in [-0.2, 0) is 9.59 Å². The Kier molecular flexibility index (Phi) is 7.26. The summed E-state index contributed by atoms with van der Waals surface area (Å²) in [5.74, 6) is 0.268. The van der Waals surface area contributed by atoms with Gasteiger partial charge in [-0.2, -0.15) is 0 Å². The molecule has 1 aromatic carbocycles. The van der Waals surface area contributed by atoms with Crippen molar-refractivity contribution in [2.75, 3.05) is 57.7 Å². The van der Waals surface area contributed by atoms with Gasteiger partial charge in [0.1, 0.15) is 0 Å². The van der Waals surface area contributed by atoms with Crippen molar-refractivity contribution in [2.24, 2.45) is 0 Å². The predicted molar refractivity (Wildman–Crippen MR) is 111 cm³/mol. The van der Waals surface area contributed by atoms with Crippen LogP contribution in [-0.4, -0.2) is 78.9 Å². The van der Waals surface area contributed by atoms with Gasteiger partial charge < -0.3 is 10.2 Å². The van der Waals surface area contributed by atoms with Crippen molar-refractivity contribution in [1.29, 1.82) is 0 Å². The maximum absolute atomic E-state index is 12.4. The van der Waals surface area contributed by atoms with Crippen LogP contribution in [0.2, 0.25) is 0 Å². The summed E-state index contributed by atoms with van der Waals surface area (Å²) in [6.45, 7) is 8.03. The highest BCUT2D eigenvalue weighted by molar-refractivity contribution is 9.10. The van der Waals surface area contributed by atoms with Crippen molar-refractivity contribution in [3.05, 3.63) is 28.2 Å². The van der Waals surface area contributed by atoms with Crippen molar-refractivity contribution < 1.29 is 9.59 Å². The van der Waals surface area contributed by atoms with Crippen LogP contribution in [0.25, 0.3) is 0 Å². The zero-order valence-electron chi connectivity index (χ0n) is 16.0. The molecule has 27 heavy (non-hydrogen) atoms. The van der Waals surface area contributed by atoms with Crippen molar-refractivity contribution in [1.82, 2.24) is 14.7 Å². The predicted octanol–water partition coefficient (Wildman–Crippen LogP) is 2.33. The molecule has 148 valence electrons. The number of piperazine rings is 1. The number of rotatable bonds is 5. The van der Waals surface area contributed by atoms with Crippen LogP contribution in [0.3, 0.4) is 0 Å². The molecule has 0 aromatic heterocycles. The number of carbonyl (C=O) groups excluding carboxylic acids is 2. The molecular weight excluding hydrogens is 408 g/mol. The second kappa shape index (κ2) is 9.66. The third-order valence-corrected chi connectivity index (χ3v) is 5.86. The number of hydrogen-bond acceptors (Lipinski definition) is 4. The molecule has 3 rings (SSSR count). The van der Waals surface area contributed by atoms with E-state index in [1.165, 1.54) is 6.42 Å². The third-order valence-electron chi connectivity index (χ3n) is 5.36. The van der Waals surface area contributed by atoms with E-state index in [4.69, 9.17) is 0 Å². The van der Waals surface area contributed by atoms with Gasteiger partial charge in [-0.1, -0.05) is 15.9 Å². The monoisotopic (exact) mass is 436 g/mol. The van der Waals surface area contributed by atoms with Gasteiger partial charge in [-0.05, 0) is 49.9 Å². The number of nitrogens with zero attached hydrogens (tertiary/aromatic N) is 3. The van der Waals surface area contributed by atoms with Crippen molar-refractivity contribution in [3.8, 4) is 0 Å². The van der Waals surface area contributed by atoms with Gasteiger partial charge in [0.25, 0.3) is 0 Å². The Balaban J connectivity index is 1.39. The Labute approximate surface area is 170 Å². The van der Waals surface area contributed by atoms with E-state index in [1.54, 1.807) is 0 Å². The molecule has 2 aliphatic heterocycles. The summed E-state index contributed by atoms with van der Waals surface area (Å²) >= 11 is 3.44. The molecule has 7 heteroatoms. The zero-order valence-corrected chi connectivity index (χ0v) is 17.6. The second-order valence-corrected chi connectivity index (χ2v) is 8.42. The summed E-state index contributed by atoms with van der Waals surface area (Å²) in [4.78, 5) is 31.1. The van der Waals surface area contributed by atoms with Gasteiger partial charge in [0.15, 0.2) is 0 Å². The van der Waals surface area contributed by atoms with Crippen LogP contribution < -0.4 is 5.32 Å². The first-order valence-corrected chi connectivity index (χ1v) is 10.6. The molecule has 0 spiro atoms. The van der Waals surface area contributed by atoms with Gasteiger partial charge in [-0.25, -0.2) is 0 Å². The molecule has 1 aromatic rings. The van der Waals surface area contributed by atoms with Gasteiger partial charge in [0.05, 0.1) is 13.1 Å². The number of carbonyl (C=O) groups is 2. The second-order valence-electron chi connectivity index (χ2n) is 7.50. The number of piperidine rings is 1. The van der Waals surface area contributed by atoms with E-state index in [9.17, 15) is 9.59 Å². The Morgan fingerprint density at radius 3 is 2.22 bits per heavy atom. The van der Waals surface area contributed by atoms with Crippen LogP contribution in [0, 0.1) is 6.92 Å². The van der Waals surface area contributed by atoms with E-state index < -0.39 is 0 Å². The van der Waals surface area contributed by atoms with E-state index in [-0.39, 0.29) is 11.8 Å². The maximum Gasteiger partial charge on any atom is 0.238 e. The van der Waals surface area contributed by atoms with E-state index in [1.807, 2.05) is 30.0 Å². The van der Waals surface area contributed by atoms with E-state index >= 15 is 0 Å². The first kappa shape index (κ1) is 20.3. The summed E-state index contributed by atoms with van der Waals surface area (Å²) in [6, 6.07) is 5.84.